The summed E-state index contributed by atoms with van der Waals surface area (Å²) in [6.45, 7) is 4.44. The molecule has 3 heteroatoms. The van der Waals surface area contributed by atoms with E-state index in [0.717, 1.165) is 25.2 Å². The van der Waals surface area contributed by atoms with Crippen molar-refractivity contribution in [2.75, 3.05) is 33.2 Å². The molecule has 2 aliphatic rings. The molecule has 2 N–H and O–H groups in total. The first-order valence-electron chi connectivity index (χ1n) is 6.45. The molecule has 88 valence electrons. The van der Waals surface area contributed by atoms with Gasteiger partial charge in [0, 0.05) is 31.7 Å². The van der Waals surface area contributed by atoms with Gasteiger partial charge in [-0.3, -0.25) is 4.90 Å². The second-order valence-electron chi connectivity index (χ2n) is 5.14. The Bertz CT molecular complexity index is 189. The van der Waals surface area contributed by atoms with Crippen LogP contribution in [0.4, 0.5) is 0 Å². The van der Waals surface area contributed by atoms with Crippen molar-refractivity contribution in [1.29, 1.82) is 0 Å². The number of piperidine rings is 1. The molecule has 1 saturated heterocycles. The van der Waals surface area contributed by atoms with Crippen LogP contribution < -0.4 is 5.73 Å². The number of hydrogen-bond donors (Lipinski definition) is 1. The Balaban J connectivity index is 1.81. The Morgan fingerprint density at radius 2 is 2.07 bits per heavy atom. The standard InChI is InChI=1S/C12H25N3/c1-14-8-3-2-4-12(14)10-15(9-7-13)11-5-6-11/h11-12H,2-10,13H2,1H3/t12-/m0/s1. The summed E-state index contributed by atoms with van der Waals surface area (Å²) in [7, 11) is 2.28. The molecule has 0 radical (unpaired) electrons. The number of likely N-dealkylation sites (tertiary alicyclic amines) is 1. The molecule has 0 aromatic rings. The lowest BCUT2D eigenvalue weighted by molar-refractivity contribution is 0.126. The molecule has 3 nitrogen and oxygen atoms in total. The van der Waals surface area contributed by atoms with Crippen molar-refractivity contribution >= 4 is 0 Å². The zero-order valence-corrected chi connectivity index (χ0v) is 9.99. The van der Waals surface area contributed by atoms with Crippen LogP contribution in [0.1, 0.15) is 32.1 Å². The molecule has 1 aliphatic carbocycles. The Hall–Kier alpha value is -0.120. The summed E-state index contributed by atoms with van der Waals surface area (Å²) in [5.74, 6) is 0. The summed E-state index contributed by atoms with van der Waals surface area (Å²) >= 11 is 0. The van der Waals surface area contributed by atoms with Crippen molar-refractivity contribution in [2.24, 2.45) is 5.73 Å². The summed E-state index contributed by atoms with van der Waals surface area (Å²) < 4.78 is 0. The van der Waals surface area contributed by atoms with Crippen molar-refractivity contribution in [3.05, 3.63) is 0 Å². The predicted molar refractivity (Wildman–Crippen MR) is 63.9 cm³/mol. The summed E-state index contributed by atoms with van der Waals surface area (Å²) in [4.78, 5) is 5.15. The summed E-state index contributed by atoms with van der Waals surface area (Å²) in [5, 5.41) is 0. The van der Waals surface area contributed by atoms with E-state index in [9.17, 15) is 0 Å². The molecule has 0 aromatic heterocycles. The van der Waals surface area contributed by atoms with Crippen LogP contribution in [0.3, 0.4) is 0 Å². The van der Waals surface area contributed by atoms with E-state index in [0.29, 0.717) is 0 Å². The molecule has 0 unspecified atom stereocenters. The first-order valence-corrected chi connectivity index (χ1v) is 6.45. The normalized spacial score (nSPS) is 28.6. The molecule has 0 amide bonds. The van der Waals surface area contributed by atoms with Crippen LogP contribution in [0.2, 0.25) is 0 Å². The smallest absolute Gasteiger partial charge is 0.0220 e. The van der Waals surface area contributed by atoms with Gasteiger partial charge in [-0.2, -0.15) is 0 Å². The Kier molecular flexibility index (Phi) is 4.00. The zero-order valence-electron chi connectivity index (χ0n) is 9.99. The van der Waals surface area contributed by atoms with Gasteiger partial charge < -0.3 is 10.6 Å². The van der Waals surface area contributed by atoms with Crippen molar-refractivity contribution in [3.8, 4) is 0 Å². The number of rotatable bonds is 5. The molecule has 0 bridgehead atoms. The maximum atomic E-state index is 5.68. The summed E-state index contributed by atoms with van der Waals surface area (Å²) in [6.07, 6.45) is 6.97. The fourth-order valence-electron chi connectivity index (χ4n) is 2.67. The summed E-state index contributed by atoms with van der Waals surface area (Å²) in [6, 6.07) is 1.65. The molecular weight excluding hydrogens is 186 g/mol. The second kappa shape index (κ2) is 5.28. The van der Waals surface area contributed by atoms with E-state index in [1.165, 1.54) is 45.2 Å². The van der Waals surface area contributed by atoms with Gasteiger partial charge >= 0.3 is 0 Å². The fraction of sp³-hybridized carbons (Fsp3) is 1.00. The largest absolute Gasteiger partial charge is 0.329 e. The predicted octanol–water partition coefficient (Wildman–Crippen LogP) is 0.894. The van der Waals surface area contributed by atoms with E-state index in [1.807, 2.05) is 0 Å². The average Bonchev–Trinajstić information content (AvgIpc) is 3.04. The van der Waals surface area contributed by atoms with E-state index >= 15 is 0 Å². The zero-order chi connectivity index (χ0) is 10.7. The minimum Gasteiger partial charge on any atom is -0.329 e. The van der Waals surface area contributed by atoms with Crippen molar-refractivity contribution in [3.63, 3.8) is 0 Å². The average molecular weight is 211 g/mol. The third-order valence-electron chi connectivity index (χ3n) is 3.85. The van der Waals surface area contributed by atoms with E-state index in [4.69, 9.17) is 5.73 Å². The summed E-state index contributed by atoms with van der Waals surface area (Å²) in [5.41, 5.74) is 5.68. The molecule has 1 saturated carbocycles. The second-order valence-corrected chi connectivity index (χ2v) is 5.14. The quantitative estimate of drug-likeness (QED) is 0.733. The third-order valence-corrected chi connectivity index (χ3v) is 3.85. The topological polar surface area (TPSA) is 32.5 Å². The maximum absolute atomic E-state index is 5.68. The lowest BCUT2D eigenvalue weighted by atomic mass is 10.0. The SMILES string of the molecule is CN1CCCC[C@H]1CN(CCN)C1CC1. The molecule has 1 aliphatic heterocycles. The number of nitrogens with two attached hydrogens (primary N) is 1. The van der Waals surface area contributed by atoms with E-state index in [-0.39, 0.29) is 0 Å². The molecule has 1 heterocycles. The van der Waals surface area contributed by atoms with E-state index in [2.05, 4.69) is 16.8 Å². The molecular formula is C12H25N3. The Morgan fingerprint density at radius 1 is 1.27 bits per heavy atom. The van der Waals surface area contributed by atoms with Gasteiger partial charge in [0.25, 0.3) is 0 Å². The monoisotopic (exact) mass is 211 g/mol. The van der Waals surface area contributed by atoms with Gasteiger partial charge in [0.2, 0.25) is 0 Å². The van der Waals surface area contributed by atoms with Crippen LogP contribution in [0, 0.1) is 0 Å². The molecule has 1 atom stereocenters. The van der Waals surface area contributed by atoms with Crippen molar-refractivity contribution in [1.82, 2.24) is 9.80 Å². The molecule has 15 heavy (non-hydrogen) atoms. The van der Waals surface area contributed by atoms with Gasteiger partial charge in [0.1, 0.15) is 0 Å². The van der Waals surface area contributed by atoms with Crippen LogP contribution in [0.25, 0.3) is 0 Å². The molecule has 0 spiro atoms. The van der Waals surface area contributed by atoms with Gasteiger partial charge in [-0.15, -0.1) is 0 Å². The van der Waals surface area contributed by atoms with E-state index in [1.54, 1.807) is 0 Å². The first-order chi connectivity index (χ1) is 7.31. The number of hydrogen-bond acceptors (Lipinski definition) is 3. The first kappa shape index (κ1) is 11.4. The Morgan fingerprint density at radius 3 is 2.67 bits per heavy atom. The minimum atomic E-state index is 0.783. The van der Waals surface area contributed by atoms with Crippen molar-refractivity contribution in [2.45, 2.75) is 44.2 Å². The van der Waals surface area contributed by atoms with Crippen LogP contribution in [0.5, 0.6) is 0 Å². The van der Waals surface area contributed by atoms with Crippen LogP contribution >= 0.6 is 0 Å². The molecule has 2 rings (SSSR count). The maximum Gasteiger partial charge on any atom is 0.0220 e. The highest BCUT2D eigenvalue weighted by molar-refractivity contribution is 4.88. The molecule has 0 aromatic carbocycles. The van der Waals surface area contributed by atoms with Crippen molar-refractivity contribution < 1.29 is 0 Å². The minimum absolute atomic E-state index is 0.783. The van der Waals surface area contributed by atoms with Crippen LogP contribution in [0.15, 0.2) is 0 Å². The lowest BCUT2D eigenvalue weighted by Crippen LogP contribution is -2.46. The lowest BCUT2D eigenvalue weighted by Gasteiger charge is -2.36. The number of nitrogens with zero attached hydrogens (tertiary/aromatic N) is 2. The Labute approximate surface area is 93.6 Å². The molecule has 2 fully saturated rings. The van der Waals surface area contributed by atoms with Crippen LogP contribution in [-0.4, -0.2) is 55.1 Å². The van der Waals surface area contributed by atoms with Gasteiger partial charge in [-0.1, -0.05) is 6.42 Å². The highest BCUT2D eigenvalue weighted by atomic mass is 15.2. The van der Waals surface area contributed by atoms with Gasteiger partial charge in [0.15, 0.2) is 0 Å². The van der Waals surface area contributed by atoms with E-state index < -0.39 is 0 Å². The van der Waals surface area contributed by atoms with Gasteiger partial charge in [-0.25, -0.2) is 0 Å². The third kappa shape index (κ3) is 3.16. The van der Waals surface area contributed by atoms with Gasteiger partial charge in [0.05, 0.1) is 0 Å². The number of likely N-dealkylation sites (N-methyl/N-ethyl adjacent to an activating group) is 1. The highest BCUT2D eigenvalue weighted by Crippen LogP contribution is 2.28. The highest BCUT2D eigenvalue weighted by Gasteiger charge is 2.31. The van der Waals surface area contributed by atoms with Gasteiger partial charge in [-0.05, 0) is 39.3 Å². The fourth-order valence-corrected chi connectivity index (χ4v) is 2.67. The van der Waals surface area contributed by atoms with Crippen LogP contribution in [-0.2, 0) is 0 Å².